The van der Waals surface area contributed by atoms with Gasteiger partial charge in [0.05, 0.1) is 0 Å². The monoisotopic (exact) mass is 227 g/mol. The number of aromatic nitrogens is 3. The number of anilines is 1. The lowest BCUT2D eigenvalue weighted by Crippen LogP contribution is -2.22. The van der Waals surface area contributed by atoms with Gasteiger partial charge in [0.25, 0.3) is 0 Å². The number of nitrogen functional groups attached to an aromatic ring is 1. The molecule has 1 fully saturated rings. The van der Waals surface area contributed by atoms with Gasteiger partial charge >= 0.3 is 0 Å². The Bertz CT molecular complexity index is 318. The normalized spacial score (nSPS) is 17.4. The van der Waals surface area contributed by atoms with Crippen molar-refractivity contribution in [3.05, 3.63) is 0 Å². The Kier molecular flexibility index (Phi) is 3.48. The fourth-order valence-electron chi connectivity index (χ4n) is 1.72. The highest BCUT2D eigenvalue weighted by molar-refractivity contribution is 7.99. The molecule has 0 amide bonds. The molecule has 1 aliphatic rings. The van der Waals surface area contributed by atoms with Gasteiger partial charge in [-0.2, -0.15) is 0 Å². The molecule has 1 aromatic rings. The summed E-state index contributed by atoms with van der Waals surface area (Å²) in [7, 11) is 1.90. The molecule has 2 N–H and O–H groups in total. The molecule has 6 heteroatoms. The van der Waals surface area contributed by atoms with Gasteiger partial charge in [-0.1, -0.05) is 11.8 Å². The maximum atomic E-state index is 5.60. The summed E-state index contributed by atoms with van der Waals surface area (Å²) in [5.74, 6) is 1.55. The standard InChI is InChI=1S/C9H17N5S/c1-13-8(10)11-12-9(13)15-7-6-14-4-2-3-5-14/h2-7H2,1H3,(H2,10,11). The second-order valence-electron chi connectivity index (χ2n) is 3.80. The van der Waals surface area contributed by atoms with Crippen LogP contribution in [0.1, 0.15) is 12.8 Å². The highest BCUT2D eigenvalue weighted by Gasteiger charge is 2.12. The van der Waals surface area contributed by atoms with E-state index in [1.807, 2.05) is 11.6 Å². The Labute approximate surface area is 94.0 Å². The Morgan fingerprint density at radius 3 is 2.67 bits per heavy atom. The van der Waals surface area contributed by atoms with Crippen molar-refractivity contribution in [1.82, 2.24) is 19.7 Å². The van der Waals surface area contributed by atoms with E-state index in [1.165, 1.54) is 25.9 Å². The lowest BCUT2D eigenvalue weighted by atomic mass is 10.4. The van der Waals surface area contributed by atoms with Crippen LogP contribution in [0.2, 0.25) is 0 Å². The number of hydrogen-bond acceptors (Lipinski definition) is 5. The van der Waals surface area contributed by atoms with Gasteiger partial charge in [-0.05, 0) is 25.9 Å². The van der Waals surface area contributed by atoms with Crippen molar-refractivity contribution >= 4 is 17.7 Å². The van der Waals surface area contributed by atoms with Crippen LogP contribution in [0.25, 0.3) is 0 Å². The van der Waals surface area contributed by atoms with Gasteiger partial charge < -0.3 is 10.6 Å². The predicted octanol–water partition coefficient (Wildman–Crippen LogP) is 0.585. The second-order valence-corrected chi connectivity index (χ2v) is 4.86. The highest BCUT2D eigenvalue weighted by Crippen LogP contribution is 2.17. The Morgan fingerprint density at radius 2 is 2.07 bits per heavy atom. The molecule has 2 rings (SSSR count). The molecule has 0 radical (unpaired) electrons. The van der Waals surface area contributed by atoms with Crippen molar-refractivity contribution in [2.75, 3.05) is 31.1 Å². The topological polar surface area (TPSA) is 60.0 Å². The molecule has 0 saturated carbocycles. The van der Waals surface area contributed by atoms with Crippen LogP contribution in [0.15, 0.2) is 5.16 Å². The molecule has 0 bridgehead atoms. The molecule has 84 valence electrons. The van der Waals surface area contributed by atoms with E-state index in [2.05, 4.69) is 15.1 Å². The quantitative estimate of drug-likeness (QED) is 0.763. The number of thioether (sulfide) groups is 1. The van der Waals surface area contributed by atoms with Crippen molar-refractivity contribution in [2.24, 2.45) is 7.05 Å². The molecule has 2 heterocycles. The van der Waals surface area contributed by atoms with Gasteiger partial charge in [0.15, 0.2) is 5.16 Å². The summed E-state index contributed by atoms with van der Waals surface area (Å²) in [6.45, 7) is 3.64. The molecule has 0 unspecified atom stereocenters. The predicted molar refractivity (Wildman–Crippen MR) is 61.8 cm³/mol. The summed E-state index contributed by atoms with van der Waals surface area (Å²) >= 11 is 1.72. The summed E-state index contributed by atoms with van der Waals surface area (Å²) in [6.07, 6.45) is 2.70. The summed E-state index contributed by atoms with van der Waals surface area (Å²) < 4.78 is 1.83. The van der Waals surface area contributed by atoms with E-state index in [-0.39, 0.29) is 0 Å². The van der Waals surface area contributed by atoms with Gasteiger partial charge in [0, 0.05) is 19.3 Å². The van der Waals surface area contributed by atoms with Crippen LogP contribution in [0.5, 0.6) is 0 Å². The molecule has 0 spiro atoms. The zero-order valence-corrected chi connectivity index (χ0v) is 9.83. The van der Waals surface area contributed by atoms with Gasteiger partial charge in [-0.25, -0.2) is 0 Å². The zero-order chi connectivity index (χ0) is 10.7. The highest BCUT2D eigenvalue weighted by atomic mass is 32.2. The van der Waals surface area contributed by atoms with Crippen molar-refractivity contribution in [3.8, 4) is 0 Å². The van der Waals surface area contributed by atoms with Gasteiger partial charge in [-0.3, -0.25) is 4.57 Å². The SMILES string of the molecule is Cn1c(N)nnc1SCCN1CCCC1. The van der Waals surface area contributed by atoms with E-state index in [0.29, 0.717) is 5.95 Å². The first-order chi connectivity index (χ1) is 7.27. The molecule has 0 aliphatic carbocycles. The molecule has 1 aromatic heterocycles. The summed E-state index contributed by atoms with van der Waals surface area (Å²) in [5.41, 5.74) is 5.60. The number of nitrogens with two attached hydrogens (primary N) is 1. The molecular weight excluding hydrogens is 210 g/mol. The van der Waals surface area contributed by atoms with E-state index in [1.54, 1.807) is 11.8 Å². The molecule has 5 nitrogen and oxygen atoms in total. The number of nitrogens with zero attached hydrogens (tertiary/aromatic N) is 4. The Morgan fingerprint density at radius 1 is 1.33 bits per heavy atom. The fourth-order valence-corrected chi connectivity index (χ4v) is 2.64. The molecule has 1 aliphatic heterocycles. The van der Waals surface area contributed by atoms with E-state index < -0.39 is 0 Å². The van der Waals surface area contributed by atoms with E-state index in [0.717, 1.165) is 17.5 Å². The number of rotatable bonds is 4. The van der Waals surface area contributed by atoms with Gasteiger partial charge in [0.1, 0.15) is 0 Å². The van der Waals surface area contributed by atoms with Crippen LogP contribution in [0.4, 0.5) is 5.95 Å². The lowest BCUT2D eigenvalue weighted by Gasteiger charge is -2.13. The second kappa shape index (κ2) is 4.85. The summed E-state index contributed by atoms with van der Waals surface area (Å²) in [6, 6.07) is 0. The van der Waals surface area contributed by atoms with Crippen molar-refractivity contribution in [2.45, 2.75) is 18.0 Å². The van der Waals surface area contributed by atoms with E-state index >= 15 is 0 Å². The zero-order valence-electron chi connectivity index (χ0n) is 9.02. The van der Waals surface area contributed by atoms with Crippen molar-refractivity contribution in [3.63, 3.8) is 0 Å². The first-order valence-corrected chi connectivity index (χ1v) is 6.26. The minimum absolute atomic E-state index is 0.485. The Balaban J connectivity index is 1.75. The van der Waals surface area contributed by atoms with E-state index in [4.69, 9.17) is 5.73 Å². The molecule has 0 atom stereocenters. The van der Waals surface area contributed by atoms with Gasteiger partial charge in [0.2, 0.25) is 5.95 Å². The van der Waals surface area contributed by atoms with Crippen LogP contribution < -0.4 is 5.73 Å². The van der Waals surface area contributed by atoms with Crippen LogP contribution in [0, 0.1) is 0 Å². The summed E-state index contributed by atoms with van der Waals surface area (Å²) in [5, 5.41) is 8.74. The molecular formula is C9H17N5S. The molecule has 1 saturated heterocycles. The first kappa shape index (κ1) is 10.8. The maximum absolute atomic E-state index is 5.60. The molecule has 0 aromatic carbocycles. The average Bonchev–Trinajstić information content (AvgIpc) is 2.83. The number of hydrogen-bond donors (Lipinski definition) is 1. The van der Waals surface area contributed by atoms with Crippen LogP contribution in [-0.4, -0.2) is 45.1 Å². The minimum Gasteiger partial charge on any atom is -0.368 e. The lowest BCUT2D eigenvalue weighted by molar-refractivity contribution is 0.362. The fraction of sp³-hybridized carbons (Fsp3) is 0.778. The number of likely N-dealkylation sites (tertiary alicyclic amines) is 1. The average molecular weight is 227 g/mol. The Hall–Kier alpha value is -0.750. The largest absolute Gasteiger partial charge is 0.368 e. The third kappa shape index (κ3) is 2.63. The third-order valence-electron chi connectivity index (χ3n) is 2.71. The van der Waals surface area contributed by atoms with Crippen LogP contribution >= 0.6 is 11.8 Å². The summed E-state index contributed by atoms with van der Waals surface area (Å²) in [4.78, 5) is 2.49. The minimum atomic E-state index is 0.485. The van der Waals surface area contributed by atoms with Crippen LogP contribution in [0.3, 0.4) is 0 Å². The smallest absolute Gasteiger partial charge is 0.222 e. The third-order valence-corrected chi connectivity index (χ3v) is 3.71. The molecule has 15 heavy (non-hydrogen) atoms. The van der Waals surface area contributed by atoms with Crippen molar-refractivity contribution < 1.29 is 0 Å². The maximum Gasteiger partial charge on any atom is 0.222 e. The van der Waals surface area contributed by atoms with Crippen LogP contribution in [-0.2, 0) is 7.05 Å². The van der Waals surface area contributed by atoms with Crippen molar-refractivity contribution in [1.29, 1.82) is 0 Å². The van der Waals surface area contributed by atoms with E-state index in [9.17, 15) is 0 Å². The first-order valence-electron chi connectivity index (χ1n) is 5.27. The van der Waals surface area contributed by atoms with Gasteiger partial charge in [-0.15, -0.1) is 10.2 Å².